The number of alkyl halides is 3. The van der Waals surface area contributed by atoms with Gasteiger partial charge in [0.2, 0.25) is 5.91 Å². The van der Waals surface area contributed by atoms with Gasteiger partial charge in [0.05, 0.1) is 10.7 Å². The molecule has 0 spiro atoms. The molecule has 1 amide bonds. The number of hydrogen-bond donors (Lipinski definition) is 0. The number of carbonyl (C=O) groups is 1. The SMILES string of the molecule is Cc1c(Cl)c(C(F)(F)F)nn1CC(=O)N1CCN(c2ccc(Cl)cc2)C[C@H]1C. The first-order valence-corrected chi connectivity index (χ1v) is 9.43. The van der Waals surface area contributed by atoms with Crippen molar-refractivity contribution in [3.05, 3.63) is 45.7 Å². The lowest BCUT2D eigenvalue weighted by Gasteiger charge is -2.41. The van der Waals surface area contributed by atoms with E-state index >= 15 is 0 Å². The molecule has 0 bridgehead atoms. The summed E-state index contributed by atoms with van der Waals surface area (Å²) in [4.78, 5) is 16.5. The molecule has 0 N–H and O–H groups in total. The first kappa shape index (κ1) is 20.8. The van der Waals surface area contributed by atoms with E-state index in [1.807, 2.05) is 31.2 Å². The molecule has 3 rings (SSSR count). The number of carbonyl (C=O) groups excluding carboxylic acids is 1. The molecular formula is C18H19Cl2F3N4O. The minimum absolute atomic E-state index is 0.106. The third-order valence-corrected chi connectivity index (χ3v) is 5.53. The summed E-state index contributed by atoms with van der Waals surface area (Å²) in [7, 11) is 0. The quantitative estimate of drug-likeness (QED) is 0.724. The van der Waals surface area contributed by atoms with Gasteiger partial charge in [0.1, 0.15) is 6.54 Å². The van der Waals surface area contributed by atoms with Gasteiger partial charge < -0.3 is 9.80 Å². The third kappa shape index (κ3) is 4.22. The molecule has 1 aliphatic heterocycles. The zero-order valence-electron chi connectivity index (χ0n) is 15.3. The summed E-state index contributed by atoms with van der Waals surface area (Å²) in [6.45, 7) is 4.73. The molecule has 0 saturated carbocycles. The van der Waals surface area contributed by atoms with Gasteiger partial charge in [0, 0.05) is 36.4 Å². The van der Waals surface area contributed by atoms with Crippen LogP contribution in [0.5, 0.6) is 0 Å². The van der Waals surface area contributed by atoms with Gasteiger partial charge in [-0.15, -0.1) is 0 Å². The summed E-state index contributed by atoms with van der Waals surface area (Å²) in [6.07, 6.45) is -4.66. The Hall–Kier alpha value is -1.93. The van der Waals surface area contributed by atoms with Crippen LogP contribution >= 0.6 is 23.2 Å². The van der Waals surface area contributed by atoms with Crippen LogP contribution in [0.4, 0.5) is 18.9 Å². The summed E-state index contributed by atoms with van der Waals surface area (Å²) in [5.74, 6) is -0.292. The first-order valence-electron chi connectivity index (χ1n) is 8.68. The molecule has 2 aromatic rings. The maximum atomic E-state index is 13.0. The molecule has 1 aromatic heterocycles. The number of rotatable bonds is 3. The van der Waals surface area contributed by atoms with E-state index < -0.39 is 16.9 Å². The Morgan fingerprint density at radius 2 is 1.86 bits per heavy atom. The molecular weight excluding hydrogens is 416 g/mol. The van der Waals surface area contributed by atoms with Crippen LogP contribution in [0.2, 0.25) is 10.0 Å². The Labute approximate surface area is 170 Å². The van der Waals surface area contributed by atoms with E-state index in [1.165, 1.54) is 6.92 Å². The Kier molecular flexibility index (Phi) is 5.82. The zero-order chi connectivity index (χ0) is 20.6. The number of benzene rings is 1. The fraction of sp³-hybridized carbons (Fsp3) is 0.444. The van der Waals surface area contributed by atoms with E-state index in [1.54, 1.807) is 4.90 Å². The highest BCUT2D eigenvalue weighted by Gasteiger charge is 2.38. The smallest absolute Gasteiger partial charge is 0.368 e. The number of nitrogens with zero attached hydrogens (tertiary/aromatic N) is 4. The Morgan fingerprint density at radius 1 is 1.21 bits per heavy atom. The molecule has 1 aromatic carbocycles. The summed E-state index contributed by atoms with van der Waals surface area (Å²) in [6, 6.07) is 7.34. The first-order chi connectivity index (χ1) is 13.1. The van der Waals surface area contributed by atoms with Crippen LogP contribution in [-0.4, -0.2) is 46.3 Å². The number of anilines is 1. The maximum absolute atomic E-state index is 13.0. The van der Waals surface area contributed by atoms with Crippen molar-refractivity contribution in [2.75, 3.05) is 24.5 Å². The topological polar surface area (TPSA) is 41.4 Å². The zero-order valence-corrected chi connectivity index (χ0v) is 16.8. The van der Waals surface area contributed by atoms with Crippen molar-refractivity contribution in [3.8, 4) is 0 Å². The Balaban J connectivity index is 1.68. The van der Waals surface area contributed by atoms with Crippen molar-refractivity contribution >= 4 is 34.8 Å². The standard InChI is InChI=1S/C18H19Cl2F3N4O/c1-11-9-25(14-5-3-13(19)4-6-14)7-8-26(11)15(28)10-27-12(2)16(20)17(24-27)18(21,22)23/h3-6,11H,7-10H2,1-2H3/t11-/m1/s1. The van der Waals surface area contributed by atoms with E-state index in [0.29, 0.717) is 24.7 Å². The summed E-state index contributed by atoms with van der Waals surface area (Å²) >= 11 is 11.7. The second-order valence-corrected chi connectivity index (χ2v) is 7.58. The van der Waals surface area contributed by atoms with Crippen molar-refractivity contribution < 1.29 is 18.0 Å². The van der Waals surface area contributed by atoms with Crippen molar-refractivity contribution in [3.63, 3.8) is 0 Å². The summed E-state index contributed by atoms with van der Waals surface area (Å²) < 4.78 is 39.9. The van der Waals surface area contributed by atoms with Crippen LogP contribution in [0, 0.1) is 6.92 Å². The van der Waals surface area contributed by atoms with Crippen LogP contribution in [0.15, 0.2) is 24.3 Å². The fourth-order valence-corrected chi connectivity index (χ4v) is 3.66. The van der Waals surface area contributed by atoms with Gasteiger partial charge in [0.15, 0.2) is 5.69 Å². The molecule has 152 valence electrons. The Bertz CT molecular complexity index is 867. The number of amides is 1. The summed E-state index contributed by atoms with van der Waals surface area (Å²) in [5, 5.41) is 3.68. The number of halogens is 5. The van der Waals surface area contributed by atoms with Crippen LogP contribution in [-0.2, 0) is 17.5 Å². The molecule has 10 heteroatoms. The second kappa shape index (κ2) is 7.83. The van der Waals surface area contributed by atoms with Gasteiger partial charge in [-0.05, 0) is 38.1 Å². The van der Waals surface area contributed by atoms with Gasteiger partial charge in [-0.25, -0.2) is 0 Å². The van der Waals surface area contributed by atoms with Gasteiger partial charge >= 0.3 is 6.18 Å². The lowest BCUT2D eigenvalue weighted by molar-refractivity contribution is -0.142. The van der Waals surface area contributed by atoms with Crippen molar-refractivity contribution in [1.29, 1.82) is 0 Å². The minimum Gasteiger partial charge on any atom is -0.368 e. The second-order valence-electron chi connectivity index (χ2n) is 6.76. The monoisotopic (exact) mass is 434 g/mol. The number of piperazine rings is 1. The number of hydrogen-bond acceptors (Lipinski definition) is 3. The molecule has 2 heterocycles. The van der Waals surface area contributed by atoms with E-state index in [2.05, 4.69) is 10.00 Å². The third-order valence-electron chi connectivity index (χ3n) is 4.83. The molecule has 0 radical (unpaired) electrons. The van der Waals surface area contributed by atoms with E-state index in [0.717, 1.165) is 10.4 Å². The van der Waals surface area contributed by atoms with E-state index in [4.69, 9.17) is 23.2 Å². The van der Waals surface area contributed by atoms with Crippen molar-refractivity contribution in [2.24, 2.45) is 0 Å². The lowest BCUT2D eigenvalue weighted by atomic mass is 10.1. The summed E-state index contributed by atoms with van der Waals surface area (Å²) in [5.41, 5.74) is -0.0391. The molecule has 5 nitrogen and oxygen atoms in total. The largest absolute Gasteiger partial charge is 0.436 e. The van der Waals surface area contributed by atoms with Crippen molar-refractivity contribution in [1.82, 2.24) is 14.7 Å². The lowest BCUT2D eigenvalue weighted by Crippen LogP contribution is -2.54. The molecule has 1 atom stereocenters. The highest BCUT2D eigenvalue weighted by atomic mass is 35.5. The van der Waals surface area contributed by atoms with Crippen LogP contribution in [0.3, 0.4) is 0 Å². The predicted molar refractivity (Wildman–Crippen MR) is 102 cm³/mol. The highest BCUT2D eigenvalue weighted by molar-refractivity contribution is 6.32. The molecule has 28 heavy (non-hydrogen) atoms. The average molecular weight is 435 g/mol. The molecule has 0 aliphatic carbocycles. The predicted octanol–water partition coefficient (Wildman–Crippen LogP) is 4.25. The van der Waals surface area contributed by atoms with E-state index in [-0.39, 0.29) is 24.2 Å². The maximum Gasteiger partial charge on any atom is 0.436 e. The highest BCUT2D eigenvalue weighted by Crippen LogP contribution is 2.35. The average Bonchev–Trinajstić information content (AvgIpc) is 2.90. The molecule has 1 saturated heterocycles. The van der Waals surface area contributed by atoms with Crippen LogP contribution in [0.25, 0.3) is 0 Å². The van der Waals surface area contributed by atoms with Crippen molar-refractivity contribution in [2.45, 2.75) is 32.6 Å². The van der Waals surface area contributed by atoms with Gasteiger partial charge in [0.25, 0.3) is 0 Å². The Morgan fingerprint density at radius 3 is 2.39 bits per heavy atom. The van der Waals surface area contributed by atoms with Gasteiger partial charge in [-0.3, -0.25) is 9.48 Å². The molecule has 1 fully saturated rings. The number of aromatic nitrogens is 2. The fourth-order valence-electron chi connectivity index (χ4n) is 3.29. The normalized spacial score (nSPS) is 17.9. The van der Waals surface area contributed by atoms with Crippen LogP contribution in [0.1, 0.15) is 18.3 Å². The minimum atomic E-state index is -4.66. The van der Waals surface area contributed by atoms with E-state index in [9.17, 15) is 18.0 Å². The van der Waals surface area contributed by atoms with Gasteiger partial charge in [-0.1, -0.05) is 23.2 Å². The van der Waals surface area contributed by atoms with Gasteiger partial charge in [-0.2, -0.15) is 18.3 Å². The van der Waals surface area contributed by atoms with Crippen LogP contribution < -0.4 is 4.90 Å². The molecule has 1 aliphatic rings. The molecule has 0 unspecified atom stereocenters.